The first kappa shape index (κ1) is 14.6. The Morgan fingerprint density at radius 3 is 2.28 bits per heavy atom. The molecule has 0 bridgehead atoms. The number of benzene rings is 1. The van der Waals surface area contributed by atoms with Crippen LogP contribution in [0.3, 0.4) is 0 Å². The number of rotatable bonds is 3. The van der Waals surface area contributed by atoms with E-state index in [1.165, 1.54) is 0 Å². The first-order valence-corrected chi connectivity index (χ1v) is 6.42. The van der Waals surface area contributed by atoms with Gasteiger partial charge in [0, 0.05) is 5.54 Å². The second kappa shape index (κ2) is 5.02. The van der Waals surface area contributed by atoms with Crippen molar-refractivity contribution >= 4 is 5.69 Å². The van der Waals surface area contributed by atoms with Crippen molar-refractivity contribution in [2.24, 2.45) is 5.41 Å². The summed E-state index contributed by atoms with van der Waals surface area (Å²) in [4.78, 5) is 0. The minimum Gasteiger partial charge on any atom is -0.379 e. The van der Waals surface area contributed by atoms with E-state index in [1.807, 2.05) is 25.1 Å². The number of hydrogen-bond donors (Lipinski definition) is 1. The highest BCUT2D eigenvalue weighted by Crippen LogP contribution is 2.30. The maximum absolute atomic E-state index is 9.18. The van der Waals surface area contributed by atoms with Crippen LogP contribution in [0.2, 0.25) is 0 Å². The molecule has 2 heteroatoms. The Balaban J connectivity index is 2.94. The maximum Gasteiger partial charge on any atom is 0.101 e. The van der Waals surface area contributed by atoms with Gasteiger partial charge < -0.3 is 5.32 Å². The van der Waals surface area contributed by atoms with Crippen LogP contribution in [-0.4, -0.2) is 5.54 Å². The lowest BCUT2D eigenvalue weighted by Gasteiger charge is -2.34. The van der Waals surface area contributed by atoms with Gasteiger partial charge in [0.2, 0.25) is 0 Å². The lowest BCUT2D eigenvalue weighted by Crippen LogP contribution is -2.35. The molecule has 1 N–H and O–H groups in total. The topological polar surface area (TPSA) is 35.8 Å². The van der Waals surface area contributed by atoms with Gasteiger partial charge >= 0.3 is 0 Å². The van der Waals surface area contributed by atoms with E-state index in [-0.39, 0.29) is 11.0 Å². The first-order chi connectivity index (χ1) is 8.13. The third-order valence-electron chi connectivity index (χ3n) is 2.74. The number of anilines is 1. The molecule has 18 heavy (non-hydrogen) atoms. The van der Waals surface area contributed by atoms with Crippen molar-refractivity contribution in [2.45, 2.75) is 53.5 Å². The van der Waals surface area contributed by atoms with E-state index in [0.717, 1.165) is 23.2 Å². The van der Waals surface area contributed by atoms with Crippen molar-refractivity contribution in [1.29, 1.82) is 5.26 Å². The third kappa shape index (κ3) is 4.41. The van der Waals surface area contributed by atoms with Crippen molar-refractivity contribution in [2.75, 3.05) is 5.32 Å². The number of aryl methyl sites for hydroxylation is 1. The standard InChI is InChI=1S/C16H24N2/c1-12-7-8-14(13(9-12)10-17)18-16(5,6)11-15(2,3)4/h7-9,18H,11H2,1-6H3. The lowest BCUT2D eigenvalue weighted by atomic mass is 9.81. The van der Waals surface area contributed by atoms with Gasteiger partial charge in [0.15, 0.2) is 0 Å². The molecule has 0 aliphatic rings. The molecule has 0 radical (unpaired) electrons. The van der Waals surface area contributed by atoms with Crippen LogP contribution in [0.1, 0.15) is 52.2 Å². The Labute approximate surface area is 111 Å². The van der Waals surface area contributed by atoms with Crippen LogP contribution < -0.4 is 5.32 Å². The smallest absolute Gasteiger partial charge is 0.101 e. The van der Waals surface area contributed by atoms with Crippen LogP contribution in [-0.2, 0) is 0 Å². The molecule has 1 aromatic carbocycles. The highest BCUT2D eigenvalue weighted by atomic mass is 15.0. The van der Waals surface area contributed by atoms with Gasteiger partial charge in [-0.15, -0.1) is 0 Å². The predicted molar refractivity (Wildman–Crippen MR) is 77.7 cm³/mol. The minimum atomic E-state index is -0.0287. The summed E-state index contributed by atoms with van der Waals surface area (Å²) in [6.07, 6.45) is 1.04. The number of nitriles is 1. The lowest BCUT2D eigenvalue weighted by molar-refractivity contribution is 0.302. The van der Waals surface area contributed by atoms with E-state index in [1.54, 1.807) is 0 Å². The Hall–Kier alpha value is -1.49. The molecule has 0 saturated carbocycles. The molecule has 0 saturated heterocycles. The zero-order chi connectivity index (χ0) is 14.0. The van der Waals surface area contributed by atoms with Crippen LogP contribution in [0.25, 0.3) is 0 Å². The molecule has 1 rings (SSSR count). The summed E-state index contributed by atoms with van der Waals surface area (Å²) in [5.74, 6) is 0. The second-order valence-electron chi connectivity index (χ2n) is 6.91. The van der Waals surface area contributed by atoms with Gasteiger partial charge in [0.05, 0.1) is 11.3 Å². The molecule has 0 amide bonds. The maximum atomic E-state index is 9.18. The predicted octanol–water partition coefficient (Wildman–Crippen LogP) is 4.49. The van der Waals surface area contributed by atoms with Crippen molar-refractivity contribution in [3.8, 4) is 6.07 Å². The van der Waals surface area contributed by atoms with Gasteiger partial charge in [-0.3, -0.25) is 0 Å². The van der Waals surface area contributed by atoms with E-state index >= 15 is 0 Å². The van der Waals surface area contributed by atoms with Crippen LogP contribution in [0.4, 0.5) is 5.69 Å². The summed E-state index contributed by atoms with van der Waals surface area (Å²) in [6.45, 7) is 13.1. The number of nitrogens with zero attached hydrogens (tertiary/aromatic N) is 1. The van der Waals surface area contributed by atoms with Crippen LogP contribution in [0, 0.1) is 23.7 Å². The summed E-state index contributed by atoms with van der Waals surface area (Å²) < 4.78 is 0. The third-order valence-corrected chi connectivity index (χ3v) is 2.74. The van der Waals surface area contributed by atoms with Gasteiger partial charge in [0.1, 0.15) is 6.07 Å². The van der Waals surface area contributed by atoms with E-state index in [4.69, 9.17) is 0 Å². The molecule has 0 unspecified atom stereocenters. The Morgan fingerprint density at radius 2 is 1.78 bits per heavy atom. The van der Waals surface area contributed by atoms with E-state index < -0.39 is 0 Å². The SMILES string of the molecule is Cc1ccc(NC(C)(C)CC(C)(C)C)c(C#N)c1. The molecule has 2 nitrogen and oxygen atoms in total. The zero-order valence-electron chi connectivity index (χ0n) is 12.4. The summed E-state index contributed by atoms with van der Waals surface area (Å²) in [7, 11) is 0. The Kier molecular flexibility index (Phi) is 4.06. The molecule has 0 heterocycles. The summed E-state index contributed by atoms with van der Waals surface area (Å²) in [5, 5.41) is 12.7. The summed E-state index contributed by atoms with van der Waals surface area (Å²) in [5.41, 5.74) is 2.99. The van der Waals surface area contributed by atoms with Crippen LogP contribution in [0.15, 0.2) is 18.2 Å². The van der Waals surface area contributed by atoms with Gasteiger partial charge in [-0.05, 0) is 50.3 Å². The van der Waals surface area contributed by atoms with Gasteiger partial charge in [-0.2, -0.15) is 5.26 Å². The first-order valence-electron chi connectivity index (χ1n) is 6.42. The minimum absolute atomic E-state index is 0.0287. The molecular formula is C16H24N2. The van der Waals surface area contributed by atoms with Crippen molar-refractivity contribution < 1.29 is 0 Å². The van der Waals surface area contributed by atoms with Gasteiger partial charge in [-0.25, -0.2) is 0 Å². The van der Waals surface area contributed by atoms with Crippen LogP contribution in [0.5, 0.6) is 0 Å². The van der Waals surface area contributed by atoms with E-state index in [2.05, 4.69) is 46.0 Å². The van der Waals surface area contributed by atoms with Crippen LogP contribution >= 0.6 is 0 Å². The average Bonchev–Trinajstić information content (AvgIpc) is 2.16. The Morgan fingerprint density at radius 1 is 1.17 bits per heavy atom. The Bertz CT molecular complexity index is 459. The number of hydrogen-bond acceptors (Lipinski definition) is 2. The molecule has 98 valence electrons. The normalized spacial score (nSPS) is 12.1. The fourth-order valence-electron chi connectivity index (χ4n) is 2.59. The molecule has 0 atom stereocenters. The van der Waals surface area contributed by atoms with Crippen molar-refractivity contribution in [3.63, 3.8) is 0 Å². The largest absolute Gasteiger partial charge is 0.379 e. The molecule has 0 aliphatic carbocycles. The highest BCUT2D eigenvalue weighted by molar-refractivity contribution is 5.59. The van der Waals surface area contributed by atoms with E-state index in [9.17, 15) is 5.26 Å². The van der Waals surface area contributed by atoms with Gasteiger partial charge in [-0.1, -0.05) is 26.8 Å². The summed E-state index contributed by atoms with van der Waals surface area (Å²) in [6, 6.07) is 8.22. The highest BCUT2D eigenvalue weighted by Gasteiger charge is 2.25. The average molecular weight is 244 g/mol. The number of nitrogens with one attached hydrogen (secondary N) is 1. The van der Waals surface area contributed by atoms with Crippen molar-refractivity contribution in [1.82, 2.24) is 0 Å². The monoisotopic (exact) mass is 244 g/mol. The molecular weight excluding hydrogens is 220 g/mol. The fraction of sp³-hybridized carbons (Fsp3) is 0.562. The van der Waals surface area contributed by atoms with Crippen molar-refractivity contribution in [3.05, 3.63) is 29.3 Å². The van der Waals surface area contributed by atoms with E-state index in [0.29, 0.717) is 0 Å². The molecule has 0 aliphatic heterocycles. The summed E-state index contributed by atoms with van der Waals surface area (Å²) >= 11 is 0. The molecule has 0 fully saturated rings. The molecule has 1 aromatic rings. The second-order valence-corrected chi connectivity index (χ2v) is 6.91. The quantitative estimate of drug-likeness (QED) is 0.850. The molecule has 0 aromatic heterocycles. The molecule has 0 spiro atoms. The zero-order valence-corrected chi connectivity index (χ0v) is 12.4. The fourth-order valence-corrected chi connectivity index (χ4v) is 2.59. The van der Waals surface area contributed by atoms with Gasteiger partial charge in [0.25, 0.3) is 0 Å².